The zero-order valence-corrected chi connectivity index (χ0v) is 14.6. The van der Waals surface area contributed by atoms with Crippen LogP contribution >= 0.6 is 23.1 Å². The minimum Gasteiger partial charge on any atom is -0.274 e. The molecule has 2 heterocycles. The third-order valence-corrected chi connectivity index (χ3v) is 6.20. The topological polar surface area (TPSA) is 50.3 Å². The fourth-order valence-electron chi connectivity index (χ4n) is 2.76. The molecule has 0 radical (unpaired) electrons. The molecule has 120 valence electrons. The number of thiazole rings is 1. The predicted molar refractivity (Wildman–Crippen MR) is 97.6 cm³/mol. The van der Waals surface area contributed by atoms with Crippen LogP contribution in [0.15, 0.2) is 52.9 Å². The van der Waals surface area contributed by atoms with Crippen molar-refractivity contribution in [3.63, 3.8) is 0 Å². The molecule has 0 saturated carbocycles. The zero-order chi connectivity index (χ0) is 16.7. The number of fused-ring (bicyclic) bond motifs is 1. The quantitative estimate of drug-likeness (QED) is 0.667. The van der Waals surface area contributed by atoms with Gasteiger partial charge < -0.3 is 0 Å². The molecule has 1 saturated heterocycles. The van der Waals surface area contributed by atoms with E-state index < -0.39 is 5.25 Å². The van der Waals surface area contributed by atoms with Crippen molar-refractivity contribution >= 4 is 50.8 Å². The summed E-state index contributed by atoms with van der Waals surface area (Å²) in [5.41, 5.74) is 2.60. The van der Waals surface area contributed by atoms with Gasteiger partial charge in [-0.25, -0.2) is 9.88 Å². The SMILES string of the molecule is Cc1cccc(N2C(=O)C[C@@H](Sc3nc4ccccc4s3)C2=O)c1. The van der Waals surface area contributed by atoms with E-state index in [2.05, 4.69) is 4.98 Å². The van der Waals surface area contributed by atoms with E-state index in [4.69, 9.17) is 0 Å². The Labute approximate surface area is 147 Å². The number of aromatic nitrogens is 1. The maximum absolute atomic E-state index is 12.7. The van der Waals surface area contributed by atoms with Crippen LogP contribution < -0.4 is 4.90 Å². The van der Waals surface area contributed by atoms with Gasteiger partial charge in [0.05, 0.1) is 15.9 Å². The highest BCUT2D eigenvalue weighted by atomic mass is 32.2. The van der Waals surface area contributed by atoms with Gasteiger partial charge in [-0.15, -0.1) is 11.3 Å². The highest BCUT2D eigenvalue weighted by molar-refractivity contribution is 8.02. The van der Waals surface area contributed by atoms with Gasteiger partial charge in [0, 0.05) is 6.42 Å². The van der Waals surface area contributed by atoms with Gasteiger partial charge in [-0.3, -0.25) is 9.59 Å². The summed E-state index contributed by atoms with van der Waals surface area (Å²) < 4.78 is 1.92. The normalized spacial score (nSPS) is 17.9. The van der Waals surface area contributed by atoms with Crippen LogP contribution in [0.1, 0.15) is 12.0 Å². The number of rotatable bonds is 3. The van der Waals surface area contributed by atoms with Crippen molar-refractivity contribution in [3.05, 3.63) is 54.1 Å². The molecule has 2 aromatic carbocycles. The summed E-state index contributed by atoms with van der Waals surface area (Å²) in [7, 11) is 0. The van der Waals surface area contributed by atoms with E-state index in [1.54, 1.807) is 17.4 Å². The van der Waals surface area contributed by atoms with Crippen LogP contribution in [0.5, 0.6) is 0 Å². The van der Waals surface area contributed by atoms with Crippen molar-refractivity contribution < 1.29 is 9.59 Å². The largest absolute Gasteiger partial charge is 0.274 e. The second-order valence-electron chi connectivity index (χ2n) is 5.66. The number of nitrogens with zero attached hydrogens (tertiary/aromatic N) is 2. The molecule has 24 heavy (non-hydrogen) atoms. The van der Waals surface area contributed by atoms with E-state index in [0.29, 0.717) is 5.69 Å². The average molecular weight is 354 g/mol. The van der Waals surface area contributed by atoms with Crippen LogP contribution in [0.3, 0.4) is 0 Å². The van der Waals surface area contributed by atoms with Crippen LogP contribution in [0.25, 0.3) is 10.2 Å². The van der Waals surface area contributed by atoms with Crippen molar-refractivity contribution in [2.24, 2.45) is 0 Å². The van der Waals surface area contributed by atoms with Gasteiger partial charge in [0.2, 0.25) is 11.8 Å². The van der Waals surface area contributed by atoms with E-state index in [1.165, 1.54) is 16.7 Å². The highest BCUT2D eigenvalue weighted by Crippen LogP contribution is 2.37. The van der Waals surface area contributed by atoms with E-state index in [1.807, 2.05) is 49.4 Å². The maximum Gasteiger partial charge on any atom is 0.247 e. The molecule has 4 rings (SSSR count). The smallest absolute Gasteiger partial charge is 0.247 e. The Morgan fingerprint density at radius 2 is 2.00 bits per heavy atom. The zero-order valence-electron chi connectivity index (χ0n) is 12.9. The molecular weight excluding hydrogens is 340 g/mol. The van der Waals surface area contributed by atoms with Gasteiger partial charge in [0.15, 0.2) is 4.34 Å². The first-order valence-electron chi connectivity index (χ1n) is 7.57. The lowest BCUT2D eigenvalue weighted by molar-refractivity contribution is -0.121. The molecule has 0 N–H and O–H groups in total. The lowest BCUT2D eigenvalue weighted by Gasteiger charge is -2.15. The first-order valence-corrected chi connectivity index (χ1v) is 9.27. The number of amides is 2. The number of hydrogen-bond donors (Lipinski definition) is 0. The Bertz CT molecular complexity index is 918. The van der Waals surface area contributed by atoms with Crippen LogP contribution in [-0.4, -0.2) is 22.0 Å². The third kappa shape index (κ3) is 2.72. The standard InChI is InChI=1S/C18H14N2O2S2/c1-11-5-4-6-12(9-11)20-16(21)10-15(17(20)22)24-18-19-13-7-2-3-8-14(13)23-18/h2-9,15H,10H2,1H3/t15-/m1/s1. The Balaban J connectivity index is 1.59. The summed E-state index contributed by atoms with van der Waals surface area (Å²) in [6.45, 7) is 1.95. The number of benzene rings is 2. The van der Waals surface area contributed by atoms with Gasteiger partial charge in [-0.1, -0.05) is 36.0 Å². The predicted octanol–water partition coefficient (Wildman–Crippen LogP) is 4.03. The molecule has 4 nitrogen and oxygen atoms in total. The minimum absolute atomic E-state index is 0.149. The number of para-hydroxylation sites is 1. The molecule has 1 fully saturated rings. The molecule has 0 unspecified atom stereocenters. The van der Waals surface area contributed by atoms with Gasteiger partial charge >= 0.3 is 0 Å². The van der Waals surface area contributed by atoms with Crippen molar-refractivity contribution in [2.45, 2.75) is 22.9 Å². The number of hydrogen-bond acceptors (Lipinski definition) is 5. The summed E-state index contributed by atoms with van der Waals surface area (Å²) >= 11 is 2.94. The highest BCUT2D eigenvalue weighted by Gasteiger charge is 2.40. The lowest BCUT2D eigenvalue weighted by Crippen LogP contribution is -2.31. The molecule has 0 spiro atoms. The molecule has 0 aliphatic carbocycles. The van der Waals surface area contributed by atoms with E-state index in [0.717, 1.165) is 20.1 Å². The monoisotopic (exact) mass is 354 g/mol. The van der Waals surface area contributed by atoms with Crippen LogP contribution in [0, 0.1) is 6.92 Å². The Hall–Kier alpha value is -2.18. The minimum atomic E-state index is -0.404. The summed E-state index contributed by atoms with van der Waals surface area (Å²) in [5, 5.41) is -0.404. The number of carbonyl (C=O) groups excluding carboxylic acids is 2. The van der Waals surface area contributed by atoms with Crippen molar-refractivity contribution in [1.82, 2.24) is 4.98 Å². The number of carbonyl (C=O) groups is 2. The first kappa shape index (κ1) is 15.4. The number of anilines is 1. The van der Waals surface area contributed by atoms with E-state index >= 15 is 0 Å². The van der Waals surface area contributed by atoms with Crippen LogP contribution in [0.4, 0.5) is 5.69 Å². The van der Waals surface area contributed by atoms with Gasteiger partial charge in [0.1, 0.15) is 5.25 Å². The summed E-state index contributed by atoms with van der Waals surface area (Å²) in [6, 6.07) is 15.3. The number of aryl methyl sites for hydroxylation is 1. The van der Waals surface area contributed by atoms with Gasteiger partial charge in [-0.2, -0.15) is 0 Å². The van der Waals surface area contributed by atoms with E-state index in [9.17, 15) is 9.59 Å². The lowest BCUT2D eigenvalue weighted by atomic mass is 10.2. The average Bonchev–Trinajstić information content (AvgIpc) is 3.08. The second kappa shape index (κ2) is 6.03. The van der Waals surface area contributed by atoms with Crippen molar-refractivity contribution in [1.29, 1.82) is 0 Å². The second-order valence-corrected chi connectivity index (χ2v) is 8.15. The number of thioether (sulfide) groups is 1. The van der Waals surface area contributed by atoms with Crippen LogP contribution in [-0.2, 0) is 9.59 Å². The Morgan fingerprint density at radius 1 is 1.17 bits per heavy atom. The molecule has 3 aromatic rings. The van der Waals surface area contributed by atoms with Crippen LogP contribution in [0.2, 0.25) is 0 Å². The van der Waals surface area contributed by atoms with Gasteiger partial charge in [0.25, 0.3) is 0 Å². The molecule has 1 aromatic heterocycles. The molecule has 1 atom stereocenters. The van der Waals surface area contributed by atoms with Crippen molar-refractivity contribution in [3.8, 4) is 0 Å². The summed E-state index contributed by atoms with van der Waals surface area (Å²) in [6.07, 6.45) is 0.216. The number of imide groups is 1. The molecule has 2 amide bonds. The van der Waals surface area contributed by atoms with Crippen molar-refractivity contribution in [2.75, 3.05) is 4.90 Å². The molecule has 0 bridgehead atoms. The summed E-state index contributed by atoms with van der Waals surface area (Å²) in [4.78, 5) is 30.9. The molecule has 6 heteroatoms. The van der Waals surface area contributed by atoms with E-state index in [-0.39, 0.29) is 18.2 Å². The third-order valence-electron chi connectivity index (χ3n) is 3.88. The molecule has 1 aliphatic heterocycles. The Morgan fingerprint density at radius 3 is 2.79 bits per heavy atom. The Kier molecular flexibility index (Phi) is 3.86. The van der Waals surface area contributed by atoms with Gasteiger partial charge in [-0.05, 0) is 36.8 Å². The maximum atomic E-state index is 12.7. The fraction of sp³-hybridized carbons (Fsp3) is 0.167. The molecular formula is C18H14N2O2S2. The molecule has 1 aliphatic rings. The summed E-state index contributed by atoms with van der Waals surface area (Å²) in [5.74, 6) is -0.306. The first-order chi connectivity index (χ1) is 11.6. The fourth-order valence-corrected chi connectivity index (χ4v) is 5.09.